The Morgan fingerprint density at radius 2 is 1.71 bits per heavy atom. The molecule has 158 valence electrons. The van der Waals surface area contributed by atoms with Crippen LogP contribution in [0.25, 0.3) is 0 Å². The Balaban J connectivity index is 1.68. The minimum atomic E-state index is -0.530. The Hall–Kier alpha value is -3.85. The van der Waals surface area contributed by atoms with E-state index in [-0.39, 0.29) is 17.3 Å². The third-order valence-electron chi connectivity index (χ3n) is 5.20. The summed E-state index contributed by atoms with van der Waals surface area (Å²) in [5, 5.41) is 14.6. The van der Waals surface area contributed by atoms with E-state index >= 15 is 0 Å². The van der Waals surface area contributed by atoms with Crippen LogP contribution in [0.5, 0.6) is 0 Å². The first kappa shape index (κ1) is 20.4. The topological polar surface area (TPSA) is 105 Å². The molecule has 4 rings (SSSR count). The monoisotopic (exact) mass is 418 g/mol. The van der Waals surface area contributed by atoms with E-state index in [0.29, 0.717) is 22.8 Å². The lowest BCUT2D eigenvalue weighted by Gasteiger charge is -2.32. The molecular weight excluding hydrogens is 396 g/mol. The van der Waals surface area contributed by atoms with E-state index in [1.165, 1.54) is 6.20 Å². The Bertz CT molecular complexity index is 1100. The van der Waals surface area contributed by atoms with Gasteiger partial charge in [0, 0.05) is 37.3 Å². The van der Waals surface area contributed by atoms with Gasteiger partial charge in [0.05, 0.1) is 10.6 Å². The third-order valence-corrected chi connectivity index (χ3v) is 5.20. The van der Waals surface area contributed by atoms with Crippen molar-refractivity contribution in [2.75, 3.05) is 43.4 Å². The third kappa shape index (κ3) is 4.51. The first-order valence-electron chi connectivity index (χ1n) is 9.93. The standard InChI is InChI=1S/C22H22N6O3/c1-26-11-13-27(14-12-26)22-23-15-19(28(30)31)21(25-22)24-18-10-6-5-9-17(18)20(29)16-7-3-2-4-8-16/h2-10,15H,11-14H2,1H3,(H,23,24,25). The second kappa shape index (κ2) is 8.88. The van der Waals surface area contributed by atoms with Crippen LogP contribution in [0.1, 0.15) is 15.9 Å². The molecule has 1 saturated heterocycles. The summed E-state index contributed by atoms with van der Waals surface area (Å²) in [7, 11) is 2.04. The molecule has 2 aromatic carbocycles. The summed E-state index contributed by atoms with van der Waals surface area (Å²) >= 11 is 0. The molecule has 0 amide bonds. The number of piperazine rings is 1. The summed E-state index contributed by atoms with van der Waals surface area (Å²) in [5.74, 6) is 0.301. The van der Waals surface area contributed by atoms with Crippen molar-refractivity contribution in [2.45, 2.75) is 0 Å². The number of nitrogens with one attached hydrogen (secondary N) is 1. The van der Waals surface area contributed by atoms with Crippen molar-refractivity contribution < 1.29 is 9.72 Å². The number of hydrogen-bond donors (Lipinski definition) is 1. The van der Waals surface area contributed by atoms with Gasteiger partial charge in [-0.25, -0.2) is 4.98 Å². The number of likely N-dealkylation sites (N-methyl/N-ethyl adjacent to an activating group) is 1. The van der Waals surface area contributed by atoms with Gasteiger partial charge in [-0.15, -0.1) is 0 Å². The molecule has 0 spiro atoms. The summed E-state index contributed by atoms with van der Waals surface area (Å²) in [4.78, 5) is 36.9. The van der Waals surface area contributed by atoms with Gasteiger partial charge in [-0.3, -0.25) is 14.9 Å². The van der Waals surface area contributed by atoms with Crippen LogP contribution in [0.15, 0.2) is 60.8 Å². The number of rotatable bonds is 6. The number of benzene rings is 2. The van der Waals surface area contributed by atoms with Gasteiger partial charge in [0.15, 0.2) is 5.78 Å². The summed E-state index contributed by atoms with van der Waals surface area (Å²) in [6.07, 6.45) is 1.21. The molecule has 0 unspecified atom stereocenters. The van der Waals surface area contributed by atoms with Gasteiger partial charge in [-0.2, -0.15) is 4.98 Å². The van der Waals surface area contributed by atoms with Crippen molar-refractivity contribution in [1.29, 1.82) is 0 Å². The Labute approximate surface area is 179 Å². The van der Waals surface area contributed by atoms with Crippen molar-refractivity contribution in [3.05, 3.63) is 82.0 Å². The highest BCUT2D eigenvalue weighted by molar-refractivity contribution is 6.12. The maximum Gasteiger partial charge on any atom is 0.329 e. The lowest BCUT2D eigenvalue weighted by Crippen LogP contribution is -2.45. The number of ketones is 1. The fourth-order valence-corrected chi connectivity index (χ4v) is 3.41. The van der Waals surface area contributed by atoms with Gasteiger partial charge in [0.1, 0.15) is 6.20 Å². The number of anilines is 3. The van der Waals surface area contributed by atoms with Crippen LogP contribution in [-0.2, 0) is 0 Å². The van der Waals surface area contributed by atoms with E-state index < -0.39 is 4.92 Å². The van der Waals surface area contributed by atoms with Crippen LogP contribution in [0.3, 0.4) is 0 Å². The first-order valence-corrected chi connectivity index (χ1v) is 9.93. The fraction of sp³-hybridized carbons (Fsp3) is 0.227. The Morgan fingerprint density at radius 3 is 2.42 bits per heavy atom. The predicted octanol–water partition coefficient (Wildman–Crippen LogP) is 3.11. The summed E-state index contributed by atoms with van der Waals surface area (Å²) < 4.78 is 0. The number of carbonyl (C=O) groups is 1. The molecule has 3 aromatic rings. The van der Waals surface area contributed by atoms with Crippen molar-refractivity contribution in [2.24, 2.45) is 0 Å². The summed E-state index contributed by atoms with van der Waals surface area (Å²) in [6, 6.07) is 15.8. The van der Waals surface area contributed by atoms with Gasteiger partial charge < -0.3 is 15.1 Å². The van der Waals surface area contributed by atoms with E-state index in [1.54, 1.807) is 48.5 Å². The molecule has 0 saturated carbocycles. The summed E-state index contributed by atoms with van der Waals surface area (Å²) in [5.41, 5.74) is 1.14. The number of hydrogen-bond acceptors (Lipinski definition) is 8. The van der Waals surface area contributed by atoms with E-state index in [0.717, 1.165) is 26.2 Å². The molecule has 0 aliphatic carbocycles. The molecule has 9 heteroatoms. The van der Waals surface area contributed by atoms with Gasteiger partial charge in [-0.05, 0) is 19.2 Å². The van der Waals surface area contributed by atoms with Gasteiger partial charge in [0.2, 0.25) is 11.8 Å². The number of para-hydroxylation sites is 1. The number of nitrogens with zero attached hydrogens (tertiary/aromatic N) is 5. The fourth-order valence-electron chi connectivity index (χ4n) is 3.41. The molecule has 1 aliphatic heterocycles. The smallest absolute Gasteiger partial charge is 0.329 e. The molecule has 1 aromatic heterocycles. The van der Waals surface area contributed by atoms with Crippen molar-refractivity contribution in [3.8, 4) is 0 Å². The molecule has 9 nitrogen and oxygen atoms in total. The normalized spacial score (nSPS) is 14.3. The molecule has 31 heavy (non-hydrogen) atoms. The average molecular weight is 418 g/mol. The second-order valence-corrected chi connectivity index (χ2v) is 7.32. The van der Waals surface area contributed by atoms with Crippen LogP contribution < -0.4 is 10.2 Å². The maximum absolute atomic E-state index is 13.0. The van der Waals surface area contributed by atoms with E-state index in [4.69, 9.17) is 0 Å². The van der Waals surface area contributed by atoms with Crippen LogP contribution in [0.4, 0.5) is 23.1 Å². The summed E-state index contributed by atoms with van der Waals surface area (Å²) in [6.45, 7) is 3.18. The Morgan fingerprint density at radius 1 is 1.03 bits per heavy atom. The van der Waals surface area contributed by atoms with Gasteiger partial charge >= 0.3 is 5.69 Å². The highest BCUT2D eigenvalue weighted by atomic mass is 16.6. The van der Waals surface area contributed by atoms with Crippen LogP contribution in [-0.4, -0.2) is 58.8 Å². The van der Waals surface area contributed by atoms with Crippen LogP contribution >= 0.6 is 0 Å². The van der Waals surface area contributed by atoms with E-state index in [9.17, 15) is 14.9 Å². The highest BCUT2D eigenvalue weighted by Crippen LogP contribution is 2.29. The van der Waals surface area contributed by atoms with Crippen LogP contribution in [0, 0.1) is 10.1 Å². The molecule has 1 fully saturated rings. The zero-order valence-electron chi connectivity index (χ0n) is 17.1. The molecule has 0 bridgehead atoms. The zero-order chi connectivity index (χ0) is 21.8. The minimum Gasteiger partial charge on any atom is -0.338 e. The molecular formula is C22H22N6O3. The predicted molar refractivity (Wildman–Crippen MR) is 118 cm³/mol. The lowest BCUT2D eigenvalue weighted by molar-refractivity contribution is -0.384. The molecule has 2 heterocycles. The molecule has 1 N–H and O–H groups in total. The highest BCUT2D eigenvalue weighted by Gasteiger charge is 2.23. The Kier molecular flexibility index (Phi) is 5.85. The van der Waals surface area contributed by atoms with Crippen molar-refractivity contribution in [1.82, 2.24) is 14.9 Å². The number of nitro groups is 1. The van der Waals surface area contributed by atoms with Crippen molar-refractivity contribution >= 4 is 28.9 Å². The maximum atomic E-state index is 13.0. The van der Waals surface area contributed by atoms with Crippen molar-refractivity contribution in [3.63, 3.8) is 0 Å². The van der Waals surface area contributed by atoms with E-state index in [2.05, 4.69) is 20.2 Å². The average Bonchev–Trinajstić information content (AvgIpc) is 2.80. The molecule has 1 aliphatic rings. The molecule has 0 atom stereocenters. The minimum absolute atomic E-state index is 0.0576. The number of aromatic nitrogens is 2. The van der Waals surface area contributed by atoms with E-state index in [1.807, 2.05) is 18.0 Å². The second-order valence-electron chi connectivity index (χ2n) is 7.32. The van der Waals surface area contributed by atoms with Crippen LogP contribution in [0.2, 0.25) is 0 Å². The SMILES string of the molecule is CN1CCN(c2ncc([N+](=O)[O-])c(Nc3ccccc3C(=O)c3ccccc3)n2)CC1. The van der Waals surface area contributed by atoms with Gasteiger partial charge in [-0.1, -0.05) is 42.5 Å². The van der Waals surface area contributed by atoms with Gasteiger partial charge in [0.25, 0.3) is 0 Å². The largest absolute Gasteiger partial charge is 0.338 e. The quantitative estimate of drug-likeness (QED) is 0.370. The number of carbonyl (C=O) groups excluding carboxylic acids is 1. The first-order chi connectivity index (χ1) is 15.0. The molecule has 0 radical (unpaired) electrons. The zero-order valence-corrected chi connectivity index (χ0v) is 17.1. The lowest BCUT2D eigenvalue weighted by atomic mass is 10.0.